The molecule has 27 heavy (non-hydrogen) atoms. The van der Waals surface area contributed by atoms with E-state index >= 15 is 0 Å². The summed E-state index contributed by atoms with van der Waals surface area (Å²) in [6.45, 7) is 5.09. The van der Waals surface area contributed by atoms with Crippen molar-refractivity contribution in [2.45, 2.75) is 34.5 Å². The molecule has 0 fully saturated rings. The van der Waals surface area contributed by atoms with Gasteiger partial charge in [0.1, 0.15) is 18.2 Å². The summed E-state index contributed by atoms with van der Waals surface area (Å²) in [7, 11) is 1.78. The van der Waals surface area contributed by atoms with Crippen molar-refractivity contribution in [1.82, 2.24) is 0 Å². The maximum atomic E-state index is 9.63. The van der Waals surface area contributed by atoms with Crippen LogP contribution in [0.1, 0.15) is 39.0 Å². The van der Waals surface area contributed by atoms with Crippen molar-refractivity contribution in [3.8, 4) is 17.3 Å². The van der Waals surface area contributed by atoms with Crippen molar-refractivity contribution >= 4 is 21.9 Å². The maximum absolute atomic E-state index is 9.63. The van der Waals surface area contributed by atoms with Crippen molar-refractivity contribution in [2.24, 2.45) is 7.05 Å². The van der Waals surface area contributed by atoms with Crippen LogP contribution in [0.15, 0.2) is 34.7 Å². The van der Waals surface area contributed by atoms with Crippen molar-refractivity contribution < 1.29 is 14.5 Å². The molecule has 3 nitrogen and oxygen atoms in total. The number of rotatable bonds is 1. The number of nitrogens with zero attached hydrogens (tertiary/aromatic N) is 2. The summed E-state index contributed by atoms with van der Waals surface area (Å²) in [6, 6.07) is 9.84. The zero-order valence-corrected chi connectivity index (χ0v) is 16.1. The summed E-state index contributed by atoms with van der Waals surface area (Å²) in [5, 5.41) is 11.2. The van der Waals surface area contributed by atoms with Crippen LogP contribution in [0.4, 0.5) is 0 Å². The molecule has 0 spiro atoms. The molecule has 0 N–H and O–H groups in total. The first-order valence-electron chi connectivity index (χ1n) is 10.8. The van der Waals surface area contributed by atoms with Gasteiger partial charge in [0.25, 0.3) is 0 Å². The van der Waals surface area contributed by atoms with Crippen molar-refractivity contribution in [3.05, 3.63) is 63.8 Å². The van der Waals surface area contributed by atoms with Gasteiger partial charge < -0.3 is 4.42 Å². The summed E-state index contributed by atoms with van der Waals surface area (Å²) in [4.78, 5) is 0. The topological polar surface area (TPSA) is 40.8 Å². The molecule has 0 saturated carbocycles. The van der Waals surface area contributed by atoms with Crippen LogP contribution in [0.5, 0.6) is 0 Å². The van der Waals surface area contributed by atoms with E-state index in [1.165, 1.54) is 0 Å². The highest BCUT2D eigenvalue weighted by Gasteiger charge is 2.25. The summed E-state index contributed by atoms with van der Waals surface area (Å²) in [5.41, 5.74) is 6.26. The molecular formula is C24H23N2O+. The van der Waals surface area contributed by atoms with Crippen LogP contribution in [0.25, 0.3) is 33.2 Å². The van der Waals surface area contributed by atoms with Gasteiger partial charge in [-0.1, -0.05) is 12.1 Å². The predicted molar refractivity (Wildman–Crippen MR) is 109 cm³/mol. The third-order valence-corrected chi connectivity index (χ3v) is 5.40. The van der Waals surface area contributed by atoms with Crippen molar-refractivity contribution in [1.29, 1.82) is 5.26 Å². The fraction of sp³-hybridized carbons (Fsp3) is 0.250. The Morgan fingerprint density at radius 1 is 1.11 bits per heavy atom. The number of hydrogen-bond acceptors (Lipinski definition) is 2. The molecule has 4 rings (SSSR count). The first-order valence-corrected chi connectivity index (χ1v) is 8.85. The van der Waals surface area contributed by atoms with E-state index in [2.05, 4.69) is 6.07 Å². The van der Waals surface area contributed by atoms with Gasteiger partial charge in [-0.2, -0.15) is 9.83 Å². The predicted octanol–water partition coefficient (Wildman–Crippen LogP) is 5.49. The largest absolute Gasteiger partial charge is 0.455 e. The van der Waals surface area contributed by atoms with Gasteiger partial charge in [-0.25, -0.2) is 0 Å². The highest BCUT2D eigenvalue weighted by molar-refractivity contribution is 6.13. The lowest BCUT2D eigenvalue weighted by molar-refractivity contribution is -0.667. The van der Waals surface area contributed by atoms with Crippen LogP contribution in [0.2, 0.25) is 0 Å². The molecule has 0 unspecified atom stereocenters. The SMILES string of the molecule is [2H]c1c(C)c(C([2H])([2H])[2H])c(C)[n+](C)c1-c1c(C)cc(C)c2c1oc1cccc(C#N)c12. The standard InChI is InChI=1S/C24H23N2O/c1-13-11-19(26(6)17(5)16(13)4)21-14(2)10-15(3)22-23-18(12-25)8-7-9-20(23)27-24(21)22/h7-11H,1-6H3/q+1/i4D3,11D. The second-order valence-corrected chi connectivity index (χ2v) is 7.10. The van der Waals surface area contributed by atoms with Gasteiger partial charge >= 0.3 is 0 Å². The van der Waals surface area contributed by atoms with Crippen molar-refractivity contribution in [3.63, 3.8) is 0 Å². The summed E-state index contributed by atoms with van der Waals surface area (Å²) in [6.07, 6.45) is 0. The van der Waals surface area contributed by atoms with E-state index in [9.17, 15) is 5.26 Å². The number of nitriles is 1. The minimum Gasteiger partial charge on any atom is -0.455 e. The third kappa shape index (κ3) is 2.37. The molecule has 0 radical (unpaired) electrons. The quantitative estimate of drug-likeness (QED) is 0.422. The van der Waals surface area contributed by atoms with E-state index in [1.54, 1.807) is 37.6 Å². The van der Waals surface area contributed by atoms with Gasteiger partial charge in [-0.05, 0) is 56.4 Å². The molecule has 3 heteroatoms. The Labute approximate surface area is 165 Å². The smallest absolute Gasteiger partial charge is 0.216 e. The molecule has 0 aliphatic carbocycles. The Morgan fingerprint density at radius 2 is 1.89 bits per heavy atom. The molecule has 134 valence electrons. The lowest BCUT2D eigenvalue weighted by Gasteiger charge is -2.11. The highest BCUT2D eigenvalue weighted by Crippen LogP contribution is 2.40. The summed E-state index contributed by atoms with van der Waals surface area (Å²) < 4.78 is 40.7. The lowest BCUT2D eigenvalue weighted by atomic mass is 9.94. The summed E-state index contributed by atoms with van der Waals surface area (Å²) >= 11 is 0. The zero-order chi connectivity index (χ0) is 22.8. The zero-order valence-electron chi connectivity index (χ0n) is 20.1. The van der Waals surface area contributed by atoms with E-state index in [1.807, 2.05) is 26.0 Å². The molecule has 0 aliphatic heterocycles. The molecule has 4 aromatic rings. The van der Waals surface area contributed by atoms with Crippen LogP contribution in [0, 0.1) is 45.9 Å². The van der Waals surface area contributed by atoms with E-state index in [-0.39, 0.29) is 11.6 Å². The highest BCUT2D eigenvalue weighted by atomic mass is 16.3. The average molecular weight is 359 g/mol. The van der Waals surface area contributed by atoms with Gasteiger partial charge in [0.15, 0.2) is 5.69 Å². The van der Waals surface area contributed by atoms with Crippen LogP contribution in [-0.2, 0) is 7.05 Å². The third-order valence-electron chi connectivity index (χ3n) is 5.40. The first kappa shape index (κ1) is 13.1. The Bertz CT molecular complexity index is 1410. The van der Waals surface area contributed by atoms with Gasteiger partial charge in [0.05, 0.1) is 18.6 Å². The van der Waals surface area contributed by atoms with E-state index in [0.29, 0.717) is 33.7 Å². The second kappa shape index (κ2) is 5.96. The summed E-state index contributed by atoms with van der Waals surface area (Å²) in [5.74, 6) is 0. The maximum Gasteiger partial charge on any atom is 0.216 e. The number of hydrogen-bond donors (Lipinski definition) is 0. The van der Waals surface area contributed by atoms with E-state index in [4.69, 9.17) is 9.90 Å². The Morgan fingerprint density at radius 3 is 2.59 bits per heavy atom. The number of fused-ring (bicyclic) bond motifs is 3. The van der Waals surface area contributed by atoms with E-state index in [0.717, 1.165) is 27.5 Å². The van der Waals surface area contributed by atoms with Gasteiger partial charge in [0, 0.05) is 33.4 Å². The van der Waals surface area contributed by atoms with Gasteiger partial charge in [-0.15, -0.1) is 0 Å². The van der Waals surface area contributed by atoms with Gasteiger partial charge in [0.2, 0.25) is 5.69 Å². The molecule has 2 heterocycles. The molecule has 0 aliphatic rings. The molecule has 0 amide bonds. The monoisotopic (exact) mass is 359 g/mol. The van der Waals surface area contributed by atoms with Gasteiger partial charge in [-0.3, -0.25) is 0 Å². The molecule has 2 aromatic carbocycles. The van der Waals surface area contributed by atoms with Crippen LogP contribution in [0.3, 0.4) is 0 Å². The second-order valence-electron chi connectivity index (χ2n) is 7.10. The number of pyridine rings is 1. The minimum absolute atomic E-state index is 0.161. The normalized spacial score (nSPS) is 13.9. The molecule has 0 saturated heterocycles. The Hall–Kier alpha value is -3.12. The Kier molecular flexibility index (Phi) is 2.89. The molecule has 2 aromatic heterocycles. The molecule has 0 atom stereocenters. The molecule has 0 bridgehead atoms. The number of aromatic nitrogens is 1. The van der Waals surface area contributed by atoms with E-state index < -0.39 is 6.85 Å². The molecular weight excluding hydrogens is 332 g/mol. The average Bonchev–Trinajstić information content (AvgIpc) is 3.07. The van der Waals surface area contributed by atoms with Crippen molar-refractivity contribution in [2.75, 3.05) is 0 Å². The number of aryl methyl sites for hydroxylation is 2. The minimum atomic E-state index is -2.31. The van der Waals surface area contributed by atoms with Crippen LogP contribution >= 0.6 is 0 Å². The van der Waals surface area contributed by atoms with Crippen LogP contribution < -0.4 is 4.57 Å². The lowest BCUT2D eigenvalue weighted by Crippen LogP contribution is -2.36. The fourth-order valence-electron chi connectivity index (χ4n) is 3.90. The number of furan rings is 1. The first-order chi connectivity index (χ1) is 14.5. The fourth-order valence-corrected chi connectivity index (χ4v) is 3.90. The number of benzene rings is 2. The Balaban J connectivity index is 2.23. The van der Waals surface area contributed by atoms with Crippen LogP contribution in [-0.4, -0.2) is 0 Å².